The Morgan fingerprint density at radius 1 is 1.44 bits per heavy atom. The molecule has 1 unspecified atom stereocenters. The maximum Gasteiger partial charge on any atom is 0.146 e. The van der Waals surface area contributed by atoms with Gasteiger partial charge in [0.15, 0.2) is 0 Å². The third kappa shape index (κ3) is 2.93. The molecule has 0 aliphatic heterocycles. The molecule has 2 N–H and O–H groups in total. The maximum absolute atomic E-state index is 13.4. The van der Waals surface area contributed by atoms with Gasteiger partial charge in [-0.25, -0.2) is 4.39 Å². The van der Waals surface area contributed by atoms with Crippen LogP contribution in [-0.2, 0) is 4.74 Å². The van der Waals surface area contributed by atoms with Crippen molar-refractivity contribution in [2.24, 2.45) is 0 Å². The van der Waals surface area contributed by atoms with Gasteiger partial charge in [0, 0.05) is 7.11 Å². The summed E-state index contributed by atoms with van der Waals surface area (Å²) in [6.45, 7) is 2.14. The number of aliphatic hydroxyl groups excluding tert-OH is 1. The topological polar surface area (TPSA) is 41.5 Å². The van der Waals surface area contributed by atoms with Crippen molar-refractivity contribution < 1.29 is 14.2 Å². The summed E-state index contributed by atoms with van der Waals surface area (Å²) >= 11 is 0. The first-order valence-corrected chi connectivity index (χ1v) is 5.30. The molecule has 0 radical (unpaired) electrons. The van der Waals surface area contributed by atoms with Gasteiger partial charge in [0.2, 0.25) is 0 Å². The van der Waals surface area contributed by atoms with E-state index in [0.717, 1.165) is 0 Å². The van der Waals surface area contributed by atoms with E-state index < -0.39 is 5.54 Å². The highest BCUT2D eigenvalue weighted by Gasteiger charge is 2.27. The van der Waals surface area contributed by atoms with E-state index in [1.807, 2.05) is 6.92 Å². The molecular weight excluding hydrogens is 209 g/mol. The van der Waals surface area contributed by atoms with Gasteiger partial charge < -0.3 is 15.2 Å². The van der Waals surface area contributed by atoms with Crippen LogP contribution >= 0.6 is 0 Å². The highest BCUT2D eigenvalue weighted by Crippen LogP contribution is 2.21. The second kappa shape index (κ2) is 5.82. The Morgan fingerprint density at radius 3 is 2.62 bits per heavy atom. The first-order valence-electron chi connectivity index (χ1n) is 5.30. The highest BCUT2D eigenvalue weighted by atomic mass is 19.1. The van der Waals surface area contributed by atoms with Crippen molar-refractivity contribution in [1.29, 1.82) is 0 Å². The predicted octanol–water partition coefficient (Wildman–Crippen LogP) is 2.03. The van der Waals surface area contributed by atoms with Crippen LogP contribution in [0.15, 0.2) is 24.3 Å². The minimum absolute atomic E-state index is 0.105. The first kappa shape index (κ1) is 12.9. The van der Waals surface area contributed by atoms with Gasteiger partial charge in [-0.15, -0.1) is 0 Å². The number of halogens is 1. The van der Waals surface area contributed by atoms with Gasteiger partial charge in [-0.2, -0.15) is 0 Å². The molecule has 4 heteroatoms. The zero-order valence-corrected chi connectivity index (χ0v) is 9.66. The number of para-hydroxylation sites is 1. The molecule has 16 heavy (non-hydrogen) atoms. The molecule has 0 spiro atoms. The van der Waals surface area contributed by atoms with E-state index in [1.54, 1.807) is 25.3 Å². The quantitative estimate of drug-likeness (QED) is 0.781. The average molecular weight is 227 g/mol. The molecule has 0 amide bonds. The van der Waals surface area contributed by atoms with Crippen molar-refractivity contribution in [2.75, 3.05) is 25.6 Å². The van der Waals surface area contributed by atoms with Crippen LogP contribution in [0.5, 0.6) is 0 Å². The summed E-state index contributed by atoms with van der Waals surface area (Å²) in [6.07, 6.45) is 0.645. The van der Waals surface area contributed by atoms with Crippen molar-refractivity contribution in [3.05, 3.63) is 30.1 Å². The fourth-order valence-corrected chi connectivity index (χ4v) is 1.55. The van der Waals surface area contributed by atoms with Crippen LogP contribution in [0.25, 0.3) is 0 Å². The molecular formula is C12H18FNO2. The number of hydrogen-bond acceptors (Lipinski definition) is 3. The molecule has 0 fully saturated rings. The Hall–Kier alpha value is -1.13. The standard InChI is InChI=1S/C12H18FNO2/c1-3-12(8-15,9-16-2)14-11-7-5-4-6-10(11)13/h4-7,14-15H,3,8-9H2,1-2H3. The smallest absolute Gasteiger partial charge is 0.146 e. The Balaban J connectivity index is 2.87. The van der Waals surface area contributed by atoms with E-state index in [-0.39, 0.29) is 12.4 Å². The van der Waals surface area contributed by atoms with E-state index in [1.165, 1.54) is 6.07 Å². The second-order valence-corrected chi connectivity index (χ2v) is 3.83. The van der Waals surface area contributed by atoms with Gasteiger partial charge in [0.05, 0.1) is 24.4 Å². The largest absolute Gasteiger partial charge is 0.394 e. The number of ether oxygens (including phenoxy) is 1. The van der Waals surface area contributed by atoms with E-state index in [4.69, 9.17) is 4.74 Å². The molecule has 1 aromatic carbocycles. The summed E-state index contributed by atoms with van der Waals surface area (Å²) < 4.78 is 18.5. The third-order valence-corrected chi connectivity index (χ3v) is 2.67. The minimum Gasteiger partial charge on any atom is -0.394 e. The second-order valence-electron chi connectivity index (χ2n) is 3.83. The zero-order valence-electron chi connectivity index (χ0n) is 9.66. The van der Waals surface area contributed by atoms with Gasteiger partial charge in [-0.1, -0.05) is 19.1 Å². The number of methoxy groups -OCH3 is 1. The maximum atomic E-state index is 13.4. The lowest BCUT2D eigenvalue weighted by Crippen LogP contribution is -2.46. The van der Waals surface area contributed by atoms with Crippen LogP contribution in [0.2, 0.25) is 0 Å². The molecule has 0 heterocycles. The molecule has 0 saturated carbocycles. The van der Waals surface area contributed by atoms with E-state index >= 15 is 0 Å². The van der Waals surface area contributed by atoms with Crippen LogP contribution in [0.1, 0.15) is 13.3 Å². The Labute approximate surface area is 95.2 Å². The fraction of sp³-hybridized carbons (Fsp3) is 0.500. The van der Waals surface area contributed by atoms with Gasteiger partial charge in [0.1, 0.15) is 5.82 Å². The van der Waals surface area contributed by atoms with Crippen molar-refractivity contribution in [2.45, 2.75) is 18.9 Å². The summed E-state index contributed by atoms with van der Waals surface area (Å²) in [6, 6.07) is 6.40. The Morgan fingerprint density at radius 2 is 2.12 bits per heavy atom. The van der Waals surface area contributed by atoms with E-state index in [2.05, 4.69) is 5.32 Å². The van der Waals surface area contributed by atoms with Crippen molar-refractivity contribution in [3.63, 3.8) is 0 Å². The number of benzene rings is 1. The number of anilines is 1. The van der Waals surface area contributed by atoms with Crippen molar-refractivity contribution in [1.82, 2.24) is 0 Å². The number of rotatable bonds is 6. The normalized spacial score (nSPS) is 14.5. The van der Waals surface area contributed by atoms with Gasteiger partial charge >= 0.3 is 0 Å². The molecule has 0 aromatic heterocycles. The van der Waals surface area contributed by atoms with E-state index in [9.17, 15) is 9.50 Å². The van der Waals surface area contributed by atoms with Crippen molar-refractivity contribution in [3.8, 4) is 0 Å². The monoisotopic (exact) mass is 227 g/mol. The van der Waals surface area contributed by atoms with Crippen LogP contribution in [-0.4, -0.2) is 31.0 Å². The average Bonchev–Trinajstić information content (AvgIpc) is 2.31. The summed E-state index contributed by atoms with van der Waals surface area (Å²) in [5.74, 6) is -0.329. The van der Waals surface area contributed by atoms with Gasteiger partial charge in [-0.05, 0) is 18.6 Å². The molecule has 0 bridgehead atoms. The van der Waals surface area contributed by atoms with Crippen LogP contribution in [0.4, 0.5) is 10.1 Å². The molecule has 1 rings (SSSR count). The zero-order chi connectivity index (χ0) is 12.0. The molecule has 1 atom stereocenters. The lowest BCUT2D eigenvalue weighted by molar-refractivity contribution is 0.0960. The third-order valence-electron chi connectivity index (χ3n) is 2.67. The number of hydrogen-bond donors (Lipinski definition) is 2. The van der Waals surface area contributed by atoms with Crippen molar-refractivity contribution >= 4 is 5.69 Å². The molecule has 0 aliphatic carbocycles. The molecule has 1 aromatic rings. The molecule has 0 saturated heterocycles. The van der Waals surface area contributed by atoms with Crippen LogP contribution in [0.3, 0.4) is 0 Å². The summed E-state index contributed by atoms with van der Waals surface area (Å²) in [7, 11) is 1.56. The van der Waals surface area contributed by atoms with Gasteiger partial charge in [0.25, 0.3) is 0 Å². The predicted molar refractivity (Wildman–Crippen MR) is 62.0 cm³/mol. The summed E-state index contributed by atoms with van der Waals surface area (Å²) in [5, 5.41) is 12.4. The summed E-state index contributed by atoms with van der Waals surface area (Å²) in [5.41, 5.74) is -0.243. The van der Waals surface area contributed by atoms with Gasteiger partial charge in [-0.3, -0.25) is 0 Å². The first-order chi connectivity index (χ1) is 7.67. The number of nitrogens with one attached hydrogen (secondary N) is 1. The Kier molecular flexibility index (Phi) is 4.71. The molecule has 90 valence electrons. The fourth-order valence-electron chi connectivity index (χ4n) is 1.55. The lowest BCUT2D eigenvalue weighted by Gasteiger charge is -2.32. The molecule has 0 aliphatic rings. The SMILES string of the molecule is CCC(CO)(COC)Nc1ccccc1F. The molecule has 3 nitrogen and oxygen atoms in total. The lowest BCUT2D eigenvalue weighted by atomic mass is 9.98. The minimum atomic E-state index is -0.628. The van der Waals surface area contributed by atoms with Crippen LogP contribution in [0, 0.1) is 5.82 Å². The highest BCUT2D eigenvalue weighted by molar-refractivity contribution is 5.47. The van der Waals surface area contributed by atoms with Crippen LogP contribution < -0.4 is 5.32 Å². The van der Waals surface area contributed by atoms with E-state index in [0.29, 0.717) is 18.7 Å². The number of aliphatic hydroxyl groups is 1. The Bertz CT molecular complexity index is 327. The summed E-state index contributed by atoms with van der Waals surface area (Å²) in [4.78, 5) is 0.